The smallest absolute Gasteiger partial charge is 0.264 e. The number of hydrogen-bond donors (Lipinski definition) is 2. The zero-order valence-electron chi connectivity index (χ0n) is 11.4. The molecule has 3 rings (SSSR count). The van der Waals surface area contributed by atoms with Crippen molar-refractivity contribution in [2.24, 2.45) is 0 Å². The van der Waals surface area contributed by atoms with Crippen molar-refractivity contribution in [2.45, 2.75) is 24.6 Å². The quantitative estimate of drug-likeness (QED) is 0.855. The van der Waals surface area contributed by atoms with Crippen LogP contribution in [0.2, 0.25) is 0 Å². The number of anilines is 1. The third-order valence-corrected chi connectivity index (χ3v) is 4.06. The summed E-state index contributed by atoms with van der Waals surface area (Å²) in [4.78, 5) is 22.3. The van der Waals surface area contributed by atoms with Crippen LogP contribution in [0.1, 0.15) is 18.4 Å². The number of nitrogens with zero attached hydrogens (tertiary/aromatic N) is 1. The molecule has 1 heterocycles. The molecule has 0 bridgehead atoms. The summed E-state index contributed by atoms with van der Waals surface area (Å²) in [6.45, 7) is 1.83. The summed E-state index contributed by atoms with van der Waals surface area (Å²) < 4.78 is 0. The first kappa shape index (κ1) is 13.8. The van der Waals surface area contributed by atoms with Gasteiger partial charge in [0.1, 0.15) is 4.87 Å². The minimum atomic E-state index is -0.713. The molecule has 21 heavy (non-hydrogen) atoms. The summed E-state index contributed by atoms with van der Waals surface area (Å²) in [5, 5.41) is 9.26. The van der Waals surface area contributed by atoms with Gasteiger partial charge >= 0.3 is 0 Å². The van der Waals surface area contributed by atoms with E-state index in [0.29, 0.717) is 11.4 Å². The maximum Gasteiger partial charge on any atom is 0.264 e. The first-order valence-corrected chi connectivity index (χ1v) is 7.03. The van der Waals surface area contributed by atoms with E-state index in [0.717, 1.165) is 24.0 Å². The second-order valence-electron chi connectivity index (χ2n) is 5.26. The van der Waals surface area contributed by atoms with E-state index in [-0.39, 0.29) is 11.5 Å². The van der Waals surface area contributed by atoms with E-state index in [1.54, 1.807) is 12.1 Å². The summed E-state index contributed by atoms with van der Waals surface area (Å²) in [5.74, 6) is -0.157. The molecule has 1 amide bonds. The van der Waals surface area contributed by atoms with Crippen LogP contribution in [0.25, 0.3) is 11.3 Å². The van der Waals surface area contributed by atoms with Gasteiger partial charge in [-0.3, -0.25) is 9.59 Å². The van der Waals surface area contributed by atoms with Crippen LogP contribution in [0.4, 0.5) is 5.69 Å². The molecule has 0 spiro atoms. The monoisotopic (exact) mass is 303 g/mol. The Kier molecular flexibility index (Phi) is 3.29. The fourth-order valence-electron chi connectivity index (χ4n) is 2.08. The first-order valence-electron chi connectivity index (χ1n) is 6.65. The highest BCUT2D eigenvalue weighted by Gasteiger charge is 2.48. The summed E-state index contributed by atoms with van der Waals surface area (Å²) in [7, 11) is 0. The van der Waals surface area contributed by atoms with Gasteiger partial charge in [-0.05, 0) is 37.5 Å². The molecular formula is C15H14ClN3O2. The Hall–Kier alpha value is -2.14. The van der Waals surface area contributed by atoms with Gasteiger partial charge in [0.05, 0.1) is 5.69 Å². The van der Waals surface area contributed by atoms with E-state index in [1.807, 2.05) is 19.1 Å². The molecule has 0 aliphatic heterocycles. The number of rotatable bonds is 3. The van der Waals surface area contributed by atoms with Gasteiger partial charge in [0.2, 0.25) is 5.91 Å². The number of aromatic nitrogens is 2. The second kappa shape index (κ2) is 5.00. The normalized spacial score (nSPS) is 15.5. The van der Waals surface area contributed by atoms with E-state index in [2.05, 4.69) is 15.5 Å². The van der Waals surface area contributed by atoms with Crippen molar-refractivity contribution in [2.75, 3.05) is 5.32 Å². The van der Waals surface area contributed by atoms with Crippen LogP contribution in [0, 0.1) is 6.92 Å². The lowest BCUT2D eigenvalue weighted by Gasteiger charge is -2.09. The Morgan fingerprint density at radius 1 is 1.33 bits per heavy atom. The number of nitrogens with one attached hydrogen (secondary N) is 2. The van der Waals surface area contributed by atoms with Gasteiger partial charge in [-0.15, -0.1) is 11.6 Å². The predicted octanol–water partition coefficient (Wildman–Crippen LogP) is 2.46. The number of carbonyl (C=O) groups is 1. The molecule has 108 valence electrons. The van der Waals surface area contributed by atoms with Gasteiger partial charge < -0.3 is 5.32 Å². The molecule has 1 aromatic heterocycles. The van der Waals surface area contributed by atoms with Crippen molar-refractivity contribution in [3.05, 3.63) is 46.2 Å². The van der Waals surface area contributed by atoms with Crippen molar-refractivity contribution in [1.82, 2.24) is 10.2 Å². The van der Waals surface area contributed by atoms with Crippen molar-refractivity contribution in [1.29, 1.82) is 0 Å². The Morgan fingerprint density at radius 3 is 2.57 bits per heavy atom. The molecule has 6 heteroatoms. The van der Waals surface area contributed by atoms with Crippen LogP contribution in [0.5, 0.6) is 0 Å². The number of carbonyl (C=O) groups excluding carboxylic acids is 1. The van der Waals surface area contributed by atoms with E-state index < -0.39 is 4.87 Å². The van der Waals surface area contributed by atoms with Gasteiger partial charge in [0.25, 0.3) is 5.56 Å². The summed E-state index contributed by atoms with van der Waals surface area (Å²) in [5.41, 5.74) is 2.85. The molecule has 1 aromatic carbocycles. The molecule has 2 aromatic rings. The average molecular weight is 304 g/mol. The Labute approximate surface area is 126 Å². The van der Waals surface area contributed by atoms with E-state index >= 15 is 0 Å². The van der Waals surface area contributed by atoms with Gasteiger partial charge in [-0.2, -0.15) is 5.10 Å². The molecule has 2 N–H and O–H groups in total. The Balaban J connectivity index is 1.80. The third-order valence-electron chi connectivity index (χ3n) is 3.51. The number of alkyl halides is 1. The first-order chi connectivity index (χ1) is 9.98. The molecule has 0 saturated heterocycles. The Bertz CT molecular complexity index is 748. The maximum atomic E-state index is 11.8. The number of hydrogen-bond acceptors (Lipinski definition) is 3. The fourth-order valence-corrected chi connectivity index (χ4v) is 2.22. The topological polar surface area (TPSA) is 74.8 Å². The molecule has 1 fully saturated rings. The molecule has 0 unspecified atom stereocenters. The zero-order valence-corrected chi connectivity index (χ0v) is 12.2. The number of amides is 1. The highest BCUT2D eigenvalue weighted by molar-refractivity contribution is 6.38. The molecular weight excluding hydrogens is 290 g/mol. The van der Waals surface area contributed by atoms with Crippen molar-refractivity contribution >= 4 is 23.2 Å². The largest absolute Gasteiger partial charge is 0.325 e. The highest BCUT2D eigenvalue weighted by atomic mass is 35.5. The Morgan fingerprint density at radius 2 is 2.00 bits per heavy atom. The van der Waals surface area contributed by atoms with Crippen LogP contribution in [0.3, 0.4) is 0 Å². The molecule has 1 saturated carbocycles. The van der Waals surface area contributed by atoms with Gasteiger partial charge in [0, 0.05) is 17.3 Å². The molecule has 0 radical (unpaired) electrons. The van der Waals surface area contributed by atoms with E-state index in [4.69, 9.17) is 11.6 Å². The number of benzene rings is 1. The predicted molar refractivity (Wildman–Crippen MR) is 81.5 cm³/mol. The summed E-state index contributed by atoms with van der Waals surface area (Å²) >= 11 is 6.05. The van der Waals surface area contributed by atoms with Gasteiger partial charge in [-0.25, -0.2) is 5.10 Å². The van der Waals surface area contributed by atoms with Crippen molar-refractivity contribution < 1.29 is 4.79 Å². The van der Waals surface area contributed by atoms with Crippen LogP contribution in [0.15, 0.2) is 35.1 Å². The fraction of sp³-hybridized carbons (Fsp3) is 0.267. The van der Waals surface area contributed by atoms with Crippen molar-refractivity contribution in [3.63, 3.8) is 0 Å². The summed E-state index contributed by atoms with van der Waals surface area (Å²) in [6.07, 6.45) is 1.44. The number of H-pyrrole nitrogens is 1. The third kappa shape index (κ3) is 2.83. The van der Waals surface area contributed by atoms with Gasteiger partial charge in [0.15, 0.2) is 0 Å². The minimum Gasteiger partial charge on any atom is -0.325 e. The molecule has 0 atom stereocenters. The lowest BCUT2D eigenvalue weighted by molar-refractivity contribution is -0.116. The SMILES string of the molecule is Cc1cc(=O)[nH]nc1-c1ccc(NC(=O)C2(Cl)CC2)cc1. The average Bonchev–Trinajstić information content (AvgIpc) is 3.19. The molecule has 1 aliphatic rings. The van der Waals surface area contributed by atoms with Crippen molar-refractivity contribution in [3.8, 4) is 11.3 Å². The van der Waals surface area contributed by atoms with E-state index in [1.165, 1.54) is 6.07 Å². The van der Waals surface area contributed by atoms with Crippen LogP contribution >= 0.6 is 11.6 Å². The maximum absolute atomic E-state index is 11.8. The van der Waals surface area contributed by atoms with Crippen LogP contribution < -0.4 is 10.9 Å². The lowest BCUT2D eigenvalue weighted by atomic mass is 10.1. The highest BCUT2D eigenvalue weighted by Crippen LogP contribution is 2.43. The van der Waals surface area contributed by atoms with Crippen LogP contribution in [-0.4, -0.2) is 21.0 Å². The zero-order chi connectivity index (χ0) is 15.0. The standard InChI is InChI=1S/C15H14ClN3O2/c1-9-8-12(20)18-19-13(9)10-2-4-11(5-3-10)17-14(21)15(16)6-7-15/h2-5,8H,6-7H2,1H3,(H,17,21)(H,18,20). The molecule has 5 nitrogen and oxygen atoms in total. The lowest BCUT2D eigenvalue weighted by Crippen LogP contribution is -2.24. The summed E-state index contributed by atoms with van der Waals surface area (Å²) in [6, 6.07) is 8.78. The van der Waals surface area contributed by atoms with E-state index in [9.17, 15) is 9.59 Å². The van der Waals surface area contributed by atoms with Gasteiger partial charge in [-0.1, -0.05) is 12.1 Å². The van der Waals surface area contributed by atoms with Crippen LogP contribution in [-0.2, 0) is 4.79 Å². The number of aromatic amines is 1. The number of aryl methyl sites for hydroxylation is 1. The second-order valence-corrected chi connectivity index (χ2v) is 5.98. The number of halogens is 1. The minimum absolute atomic E-state index is 0.157. The molecule has 1 aliphatic carbocycles.